The highest BCUT2D eigenvalue weighted by Crippen LogP contribution is 2.65. The Morgan fingerprint density at radius 3 is 2.58 bits per heavy atom. The number of carboxylic acids is 1. The van der Waals surface area contributed by atoms with Crippen molar-refractivity contribution in [3.8, 4) is 0 Å². The van der Waals surface area contributed by atoms with Crippen LogP contribution in [-0.2, 0) is 17.4 Å². The molecule has 2 aromatic rings. The zero-order valence-corrected chi connectivity index (χ0v) is 17.2. The highest BCUT2D eigenvalue weighted by Gasteiger charge is 2.59. The fourth-order valence-corrected chi connectivity index (χ4v) is 6.86. The van der Waals surface area contributed by atoms with Crippen molar-refractivity contribution in [3.63, 3.8) is 0 Å². The molecule has 0 saturated heterocycles. The lowest BCUT2D eigenvalue weighted by Gasteiger charge is -2.61. The van der Waals surface area contributed by atoms with Gasteiger partial charge in [-0.1, -0.05) is 0 Å². The standard InChI is InChI=1S/C20H24N6O5/c1-24-17(18(28)29)15(9-21-24)23-16(27)7-19-3-12-2-13(4-19)6-20(5-12,11-19)25-10-14(8-22-25)26(30)31/h8-10,12-13H,2-7,11H2,1H3,(H,23,27)(H,28,29). The molecule has 4 aliphatic carbocycles. The number of hydrogen-bond acceptors (Lipinski definition) is 6. The lowest BCUT2D eigenvalue weighted by molar-refractivity contribution is -0.385. The quantitative estimate of drug-likeness (QED) is 0.531. The zero-order chi connectivity index (χ0) is 22.0. The van der Waals surface area contributed by atoms with Crippen molar-refractivity contribution in [1.82, 2.24) is 19.6 Å². The predicted octanol–water partition coefficient (Wildman–Crippen LogP) is 2.55. The number of aromatic nitrogens is 4. The zero-order valence-electron chi connectivity index (χ0n) is 17.2. The lowest BCUT2D eigenvalue weighted by atomic mass is 9.46. The number of hydrogen-bond donors (Lipinski definition) is 2. The fourth-order valence-electron chi connectivity index (χ4n) is 6.86. The summed E-state index contributed by atoms with van der Waals surface area (Å²) in [6.07, 6.45) is 10.1. The second kappa shape index (κ2) is 6.63. The Labute approximate surface area is 177 Å². The van der Waals surface area contributed by atoms with E-state index < -0.39 is 10.9 Å². The van der Waals surface area contributed by atoms with Gasteiger partial charge in [0, 0.05) is 13.5 Å². The molecule has 0 aromatic carbocycles. The number of aryl methyl sites for hydroxylation is 1. The Hall–Kier alpha value is -3.24. The average molecular weight is 428 g/mol. The molecule has 2 aromatic heterocycles. The van der Waals surface area contributed by atoms with Crippen LogP contribution in [0.3, 0.4) is 0 Å². The molecule has 6 rings (SSSR count). The van der Waals surface area contributed by atoms with Crippen molar-refractivity contribution in [2.75, 3.05) is 5.32 Å². The van der Waals surface area contributed by atoms with Gasteiger partial charge >= 0.3 is 11.7 Å². The number of rotatable bonds is 6. The van der Waals surface area contributed by atoms with E-state index >= 15 is 0 Å². The molecule has 1 amide bonds. The first kappa shape index (κ1) is 19.7. The summed E-state index contributed by atoms with van der Waals surface area (Å²) in [4.78, 5) is 35.2. The summed E-state index contributed by atoms with van der Waals surface area (Å²) in [6, 6.07) is 0. The Balaban J connectivity index is 1.39. The Morgan fingerprint density at radius 1 is 1.26 bits per heavy atom. The Bertz CT molecular complexity index is 1070. The van der Waals surface area contributed by atoms with Gasteiger partial charge in [0.25, 0.3) is 0 Å². The van der Waals surface area contributed by atoms with E-state index in [1.807, 2.05) is 0 Å². The van der Waals surface area contributed by atoms with Crippen molar-refractivity contribution >= 4 is 23.3 Å². The third-order valence-corrected chi connectivity index (χ3v) is 7.37. The molecule has 0 aliphatic heterocycles. The molecule has 4 bridgehead atoms. The number of anilines is 1. The van der Waals surface area contributed by atoms with Crippen LogP contribution in [0.25, 0.3) is 0 Å². The normalized spacial score (nSPS) is 31.0. The second-order valence-corrected chi connectivity index (χ2v) is 9.65. The van der Waals surface area contributed by atoms with Crippen LogP contribution in [0.15, 0.2) is 18.6 Å². The number of carboxylic acid groups (broad SMARTS) is 1. The molecule has 0 spiro atoms. The minimum absolute atomic E-state index is 0.0136. The molecule has 164 valence electrons. The van der Waals surface area contributed by atoms with Gasteiger partial charge in [0.15, 0.2) is 5.69 Å². The van der Waals surface area contributed by atoms with Gasteiger partial charge in [-0.2, -0.15) is 10.2 Å². The van der Waals surface area contributed by atoms with E-state index in [4.69, 9.17) is 0 Å². The van der Waals surface area contributed by atoms with Crippen LogP contribution in [0.4, 0.5) is 11.4 Å². The van der Waals surface area contributed by atoms with E-state index in [2.05, 4.69) is 15.5 Å². The van der Waals surface area contributed by atoms with Crippen LogP contribution in [0.2, 0.25) is 0 Å². The van der Waals surface area contributed by atoms with E-state index in [1.165, 1.54) is 30.3 Å². The Morgan fingerprint density at radius 2 is 1.97 bits per heavy atom. The first-order valence-corrected chi connectivity index (χ1v) is 10.4. The molecule has 11 heteroatoms. The topological polar surface area (TPSA) is 145 Å². The molecule has 31 heavy (non-hydrogen) atoms. The molecule has 4 aliphatic rings. The van der Waals surface area contributed by atoms with E-state index in [-0.39, 0.29) is 33.9 Å². The number of nitro groups is 1. The molecular formula is C20H24N6O5. The average Bonchev–Trinajstić information content (AvgIpc) is 3.27. The smallest absolute Gasteiger partial charge is 0.356 e. The fraction of sp³-hybridized carbons (Fsp3) is 0.600. The minimum atomic E-state index is -1.15. The maximum atomic E-state index is 13.0. The first-order valence-electron chi connectivity index (χ1n) is 10.4. The maximum Gasteiger partial charge on any atom is 0.356 e. The molecule has 2 unspecified atom stereocenters. The van der Waals surface area contributed by atoms with Gasteiger partial charge in [-0.05, 0) is 55.8 Å². The molecule has 0 radical (unpaired) electrons. The number of carbonyl (C=O) groups excluding carboxylic acids is 1. The van der Waals surface area contributed by atoms with Gasteiger partial charge in [-0.15, -0.1) is 0 Å². The number of nitrogens with zero attached hydrogens (tertiary/aromatic N) is 5. The van der Waals surface area contributed by atoms with Gasteiger partial charge in [0.2, 0.25) is 5.91 Å². The van der Waals surface area contributed by atoms with E-state index in [1.54, 1.807) is 4.68 Å². The molecule has 2 atom stereocenters. The summed E-state index contributed by atoms with van der Waals surface area (Å²) in [5.41, 5.74) is -0.374. The number of aromatic carboxylic acids is 1. The van der Waals surface area contributed by atoms with Crippen molar-refractivity contribution in [3.05, 3.63) is 34.4 Å². The summed E-state index contributed by atoms with van der Waals surface area (Å²) in [5, 5.41) is 31.6. The molecule has 11 nitrogen and oxygen atoms in total. The van der Waals surface area contributed by atoms with Crippen LogP contribution < -0.4 is 5.32 Å². The molecule has 2 N–H and O–H groups in total. The number of carbonyl (C=O) groups is 2. The number of amides is 1. The maximum absolute atomic E-state index is 13.0. The Kier molecular flexibility index (Phi) is 4.21. The SMILES string of the molecule is Cn1ncc(NC(=O)CC23CC4CC(C2)CC(n2cc([N+](=O)[O-])cn2)(C4)C3)c1C(=O)O. The monoisotopic (exact) mass is 428 g/mol. The van der Waals surface area contributed by atoms with Gasteiger partial charge in [0.1, 0.15) is 12.4 Å². The van der Waals surface area contributed by atoms with Gasteiger partial charge in [0.05, 0.1) is 22.3 Å². The largest absolute Gasteiger partial charge is 0.476 e. The van der Waals surface area contributed by atoms with Crippen molar-refractivity contribution in [2.45, 2.75) is 50.5 Å². The summed E-state index contributed by atoms with van der Waals surface area (Å²) < 4.78 is 3.00. The summed E-state index contributed by atoms with van der Waals surface area (Å²) in [7, 11) is 1.52. The minimum Gasteiger partial charge on any atom is -0.476 e. The van der Waals surface area contributed by atoms with Crippen LogP contribution >= 0.6 is 0 Å². The third-order valence-electron chi connectivity index (χ3n) is 7.37. The molecule has 4 saturated carbocycles. The van der Waals surface area contributed by atoms with Gasteiger partial charge < -0.3 is 10.4 Å². The summed E-state index contributed by atoms with van der Waals surface area (Å²) in [5.74, 6) is -0.445. The highest BCUT2D eigenvalue weighted by molar-refractivity contribution is 5.99. The summed E-state index contributed by atoms with van der Waals surface area (Å²) >= 11 is 0. The summed E-state index contributed by atoms with van der Waals surface area (Å²) in [6.45, 7) is 0. The molecular weight excluding hydrogens is 404 g/mol. The third kappa shape index (κ3) is 3.19. The van der Waals surface area contributed by atoms with Crippen LogP contribution in [-0.4, -0.2) is 41.5 Å². The van der Waals surface area contributed by atoms with E-state index in [9.17, 15) is 24.8 Å². The predicted molar refractivity (Wildman–Crippen MR) is 107 cm³/mol. The number of nitrogens with one attached hydrogen (secondary N) is 1. The van der Waals surface area contributed by atoms with Crippen LogP contribution in [0.1, 0.15) is 55.4 Å². The van der Waals surface area contributed by atoms with Crippen LogP contribution in [0, 0.1) is 27.4 Å². The van der Waals surface area contributed by atoms with Crippen molar-refractivity contribution in [1.29, 1.82) is 0 Å². The van der Waals surface area contributed by atoms with Crippen molar-refractivity contribution in [2.24, 2.45) is 24.3 Å². The van der Waals surface area contributed by atoms with Crippen molar-refractivity contribution < 1.29 is 19.6 Å². The van der Waals surface area contributed by atoms with E-state index in [0.29, 0.717) is 18.3 Å². The second-order valence-electron chi connectivity index (χ2n) is 9.65. The molecule has 4 fully saturated rings. The first-order chi connectivity index (χ1) is 14.7. The van der Waals surface area contributed by atoms with Gasteiger partial charge in [-0.25, -0.2) is 4.79 Å². The van der Waals surface area contributed by atoms with Gasteiger partial charge in [-0.3, -0.25) is 24.3 Å². The molecule has 2 heterocycles. The lowest BCUT2D eigenvalue weighted by Crippen LogP contribution is -2.57. The van der Waals surface area contributed by atoms with Crippen LogP contribution in [0.5, 0.6) is 0 Å². The highest BCUT2D eigenvalue weighted by atomic mass is 16.6. The van der Waals surface area contributed by atoms with E-state index in [0.717, 1.165) is 38.5 Å².